The number of aryl methyl sites for hydroxylation is 1. The zero-order chi connectivity index (χ0) is 14.8. The predicted molar refractivity (Wildman–Crippen MR) is 70.3 cm³/mol. The second-order valence-corrected chi connectivity index (χ2v) is 4.61. The first kappa shape index (κ1) is 14.6. The highest BCUT2D eigenvalue weighted by molar-refractivity contribution is 5.25. The van der Waals surface area contributed by atoms with Crippen molar-refractivity contribution in [2.45, 2.75) is 26.2 Å². The van der Waals surface area contributed by atoms with Crippen LogP contribution in [-0.2, 0) is 19.3 Å². The summed E-state index contributed by atoms with van der Waals surface area (Å²) in [5.74, 6) is 0.843. The van der Waals surface area contributed by atoms with Crippen molar-refractivity contribution in [1.82, 2.24) is 14.9 Å². The lowest BCUT2D eigenvalue weighted by molar-refractivity contribution is -0.137. The van der Waals surface area contributed by atoms with Crippen LogP contribution in [0, 0.1) is 6.92 Å². The number of rotatable bonds is 4. The molecule has 2 aromatic rings. The predicted octanol–water partition coefficient (Wildman–Crippen LogP) is 2.98. The molecule has 0 saturated heterocycles. The van der Waals surface area contributed by atoms with Gasteiger partial charge in [0.15, 0.2) is 0 Å². The van der Waals surface area contributed by atoms with Gasteiger partial charge in [-0.2, -0.15) is 13.2 Å². The topological polar surface area (TPSA) is 29.9 Å². The molecule has 0 unspecified atom stereocenters. The van der Waals surface area contributed by atoms with E-state index in [1.807, 2.05) is 18.5 Å². The van der Waals surface area contributed by atoms with E-state index in [1.165, 1.54) is 12.1 Å². The Balaban J connectivity index is 2.20. The van der Waals surface area contributed by atoms with E-state index in [-0.39, 0.29) is 0 Å². The summed E-state index contributed by atoms with van der Waals surface area (Å²) in [6.45, 7) is 3.06. The van der Waals surface area contributed by atoms with Gasteiger partial charge in [0.2, 0.25) is 0 Å². The van der Waals surface area contributed by atoms with Crippen LogP contribution in [-0.4, -0.2) is 16.6 Å². The Morgan fingerprint density at radius 1 is 1.20 bits per heavy atom. The lowest BCUT2D eigenvalue weighted by atomic mass is 10.1. The molecule has 0 aliphatic heterocycles. The third-order valence-corrected chi connectivity index (χ3v) is 3.12. The molecule has 0 aliphatic rings. The number of alkyl halides is 3. The molecular formula is C14H16F3N3. The summed E-state index contributed by atoms with van der Waals surface area (Å²) in [4.78, 5) is 4.23. The first-order valence-electron chi connectivity index (χ1n) is 6.23. The van der Waals surface area contributed by atoms with E-state index in [2.05, 4.69) is 10.3 Å². The Labute approximate surface area is 115 Å². The number of benzene rings is 1. The number of hydrogen-bond donors (Lipinski definition) is 1. The molecule has 20 heavy (non-hydrogen) atoms. The van der Waals surface area contributed by atoms with E-state index in [0.29, 0.717) is 13.1 Å². The maximum atomic E-state index is 12.5. The fourth-order valence-electron chi connectivity index (χ4n) is 2.04. The maximum Gasteiger partial charge on any atom is 0.416 e. The molecule has 6 heteroatoms. The molecule has 1 aromatic heterocycles. The summed E-state index contributed by atoms with van der Waals surface area (Å²) < 4.78 is 39.5. The van der Waals surface area contributed by atoms with Crippen molar-refractivity contribution >= 4 is 0 Å². The van der Waals surface area contributed by atoms with Crippen LogP contribution >= 0.6 is 0 Å². The first-order chi connectivity index (χ1) is 9.41. The monoisotopic (exact) mass is 283 g/mol. The van der Waals surface area contributed by atoms with E-state index in [4.69, 9.17) is 0 Å². The molecule has 0 radical (unpaired) electrons. The Morgan fingerprint density at radius 2 is 1.85 bits per heavy atom. The van der Waals surface area contributed by atoms with Crippen LogP contribution in [0.2, 0.25) is 0 Å². The zero-order valence-electron chi connectivity index (χ0n) is 11.3. The van der Waals surface area contributed by atoms with Gasteiger partial charge in [-0.1, -0.05) is 12.1 Å². The van der Waals surface area contributed by atoms with Crippen LogP contribution in [0.5, 0.6) is 0 Å². The summed E-state index contributed by atoms with van der Waals surface area (Å²) in [5, 5.41) is 3.04. The molecule has 0 atom stereocenters. The van der Waals surface area contributed by atoms with E-state index < -0.39 is 11.7 Å². The van der Waals surface area contributed by atoms with E-state index >= 15 is 0 Å². The van der Waals surface area contributed by atoms with Gasteiger partial charge in [0.25, 0.3) is 0 Å². The lowest BCUT2D eigenvalue weighted by Gasteiger charge is -2.11. The second kappa shape index (κ2) is 5.66. The van der Waals surface area contributed by atoms with E-state index in [1.54, 1.807) is 6.20 Å². The van der Waals surface area contributed by atoms with Gasteiger partial charge in [0.1, 0.15) is 5.82 Å². The molecule has 0 saturated carbocycles. The quantitative estimate of drug-likeness (QED) is 0.935. The fraction of sp³-hybridized carbons (Fsp3) is 0.357. The maximum absolute atomic E-state index is 12.5. The van der Waals surface area contributed by atoms with Gasteiger partial charge in [-0.3, -0.25) is 0 Å². The van der Waals surface area contributed by atoms with Crippen molar-refractivity contribution < 1.29 is 13.2 Å². The zero-order valence-corrected chi connectivity index (χ0v) is 11.3. The second-order valence-electron chi connectivity index (χ2n) is 4.61. The molecular weight excluding hydrogens is 267 g/mol. The Bertz CT molecular complexity index is 570. The number of hydrogen-bond acceptors (Lipinski definition) is 2. The minimum atomic E-state index is -4.29. The number of imidazole rings is 1. The summed E-state index contributed by atoms with van der Waals surface area (Å²) >= 11 is 0. The number of nitrogens with zero attached hydrogens (tertiary/aromatic N) is 2. The summed E-state index contributed by atoms with van der Waals surface area (Å²) in [7, 11) is 1.84. The van der Waals surface area contributed by atoms with E-state index in [0.717, 1.165) is 29.2 Å². The van der Waals surface area contributed by atoms with Crippen molar-refractivity contribution in [3.05, 3.63) is 53.1 Å². The molecule has 0 bridgehead atoms. The molecule has 0 spiro atoms. The van der Waals surface area contributed by atoms with E-state index in [9.17, 15) is 13.2 Å². The van der Waals surface area contributed by atoms with Gasteiger partial charge >= 0.3 is 6.18 Å². The molecule has 0 amide bonds. The molecule has 0 aliphatic carbocycles. The van der Waals surface area contributed by atoms with Gasteiger partial charge in [-0.25, -0.2) is 4.98 Å². The van der Waals surface area contributed by atoms with Gasteiger partial charge in [-0.05, 0) is 31.7 Å². The smallest absolute Gasteiger partial charge is 0.327 e. The summed E-state index contributed by atoms with van der Waals surface area (Å²) in [5.41, 5.74) is 1.19. The van der Waals surface area contributed by atoms with Crippen LogP contribution in [0.25, 0.3) is 0 Å². The highest BCUT2D eigenvalue weighted by Crippen LogP contribution is 2.29. The minimum Gasteiger partial charge on any atom is -0.327 e. The SMILES string of the molecule is CNCc1cnc(C)n1Cc1ccc(C(F)(F)F)cc1. The van der Waals surface area contributed by atoms with Gasteiger partial charge < -0.3 is 9.88 Å². The molecule has 2 rings (SSSR count). The van der Waals surface area contributed by atoms with Crippen molar-refractivity contribution in [2.75, 3.05) is 7.05 Å². The van der Waals surface area contributed by atoms with Crippen molar-refractivity contribution in [2.24, 2.45) is 0 Å². The third-order valence-electron chi connectivity index (χ3n) is 3.12. The summed E-state index contributed by atoms with van der Waals surface area (Å²) in [6.07, 6.45) is -2.52. The van der Waals surface area contributed by atoms with Gasteiger partial charge in [-0.15, -0.1) is 0 Å². The largest absolute Gasteiger partial charge is 0.416 e. The molecule has 3 nitrogen and oxygen atoms in total. The Hall–Kier alpha value is -1.82. The van der Waals surface area contributed by atoms with Crippen LogP contribution in [0.15, 0.2) is 30.5 Å². The van der Waals surface area contributed by atoms with Gasteiger partial charge in [0, 0.05) is 19.3 Å². The number of halogens is 3. The van der Waals surface area contributed by atoms with Crippen molar-refractivity contribution in [1.29, 1.82) is 0 Å². The highest BCUT2D eigenvalue weighted by atomic mass is 19.4. The normalized spacial score (nSPS) is 11.8. The number of aromatic nitrogens is 2. The van der Waals surface area contributed by atoms with Crippen LogP contribution in [0.4, 0.5) is 13.2 Å². The number of nitrogens with one attached hydrogen (secondary N) is 1. The standard InChI is InChI=1S/C14H16F3N3/c1-10-19-8-13(7-18-2)20(10)9-11-3-5-12(6-4-11)14(15,16)17/h3-6,8,18H,7,9H2,1-2H3. The Morgan fingerprint density at radius 3 is 2.40 bits per heavy atom. The fourth-order valence-corrected chi connectivity index (χ4v) is 2.04. The first-order valence-corrected chi connectivity index (χ1v) is 6.23. The van der Waals surface area contributed by atoms with Gasteiger partial charge in [0.05, 0.1) is 11.3 Å². The van der Waals surface area contributed by atoms with Crippen LogP contribution < -0.4 is 5.32 Å². The van der Waals surface area contributed by atoms with Crippen LogP contribution in [0.1, 0.15) is 22.6 Å². The van der Waals surface area contributed by atoms with Crippen molar-refractivity contribution in [3.63, 3.8) is 0 Å². The molecule has 0 fully saturated rings. The van der Waals surface area contributed by atoms with Crippen molar-refractivity contribution in [3.8, 4) is 0 Å². The Kier molecular flexibility index (Phi) is 4.13. The average Bonchev–Trinajstić information content (AvgIpc) is 2.72. The van der Waals surface area contributed by atoms with Crippen LogP contribution in [0.3, 0.4) is 0 Å². The highest BCUT2D eigenvalue weighted by Gasteiger charge is 2.29. The molecule has 108 valence electrons. The minimum absolute atomic E-state index is 0.515. The summed E-state index contributed by atoms with van der Waals surface area (Å²) in [6, 6.07) is 5.23. The lowest BCUT2D eigenvalue weighted by Crippen LogP contribution is -2.13. The third kappa shape index (κ3) is 3.19. The average molecular weight is 283 g/mol. The molecule has 1 N–H and O–H groups in total. The molecule has 1 heterocycles. The molecule has 1 aromatic carbocycles.